The van der Waals surface area contributed by atoms with E-state index in [0.717, 1.165) is 6.61 Å². The topological polar surface area (TPSA) is 15.7 Å². The second-order valence-corrected chi connectivity index (χ2v) is 5.29. The fraction of sp³-hybridized carbons (Fsp3) is 0.750. The first-order chi connectivity index (χ1) is 5.59. The molecule has 72 valence electrons. The average molecular weight is 190 g/mol. The van der Waals surface area contributed by atoms with Gasteiger partial charge in [0.25, 0.3) is 0 Å². The smallest absolute Gasteiger partial charge is 0.0858 e. The minimum Gasteiger partial charge on any atom is -0.501 e. The third-order valence-electron chi connectivity index (χ3n) is 1.28. The van der Waals surface area contributed by atoms with E-state index in [4.69, 9.17) is 4.74 Å². The number of hydrogen-bond acceptors (Lipinski definition) is 3. The largest absolute Gasteiger partial charge is 0.501 e. The van der Waals surface area contributed by atoms with Crippen molar-refractivity contribution >= 4 is 8.22 Å². The van der Waals surface area contributed by atoms with Crippen molar-refractivity contribution in [2.75, 3.05) is 34.8 Å². The highest BCUT2D eigenvalue weighted by atomic mass is 31.1. The van der Waals surface area contributed by atoms with Crippen LogP contribution in [0.2, 0.25) is 0 Å². The van der Waals surface area contributed by atoms with E-state index < -0.39 is 0 Å². The van der Waals surface area contributed by atoms with Crippen molar-refractivity contribution in [1.29, 1.82) is 0 Å². The molecule has 4 heteroatoms. The third-order valence-corrected chi connectivity index (χ3v) is 3.30. The molecular formula is C8H19N2OP. The maximum Gasteiger partial charge on any atom is 0.0858 e. The van der Waals surface area contributed by atoms with E-state index in [1.165, 1.54) is 0 Å². The monoisotopic (exact) mass is 190 g/mol. The van der Waals surface area contributed by atoms with Crippen molar-refractivity contribution in [3.63, 3.8) is 0 Å². The van der Waals surface area contributed by atoms with Gasteiger partial charge in [0.2, 0.25) is 0 Å². The van der Waals surface area contributed by atoms with Gasteiger partial charge in [-0.15, -0.1) is 0 Å². The molecule has 0 aromatic rings. The lowest BCUT2D eigenvalue weighted by molar-refractivity contribution is 0.269. The summed E-state index contributed by atoms with van der Waals surface area (Å²) in [6, 6.07) is 0. The Balaban J connectivity index is 3.95. The highest BCUT2D eigenvalue weighted by molar-refractivity contribution is 7.55. The summed E-state index contributed by atoms with van der Waals surface area (Å²) < 4.78 is 9.52. The number of nitrogens with zero attached hydrogens (tertiary/aromatic N) is 2. The average Bonchev–Trinajstić information content (AvgIpc) is 1.96. The summed E-state index contributed by atoms with van der Waals surface area (Å²) >= 11 is 0. The fourth-order valence-electron chi connectivity index (χ4n) is 0.818. The Hall–Kier alpha value is -0.110. The molecular weight excluding hydrogens is 171 g/mol. The van der Waals surface area contributed by atoms with Gasteiger partial charge in [0, 0.05) is 5.82 Å². The standard InChI is InChI=1S/C8H19N2OP/c1-6-11-7-8-12(9(2)3)10(4)5/h7-8H,6H2,1-5H3/b8-7+. The molecule has 0 aromatic carbocycles. The minimum absolute atomic E-state index is 0.329. The molecule has 0 aliphatic carbocycles. The van der Waals surface area contributed by atoms with Gasteiger partial charge in [0.15, 0.2) is 0 Å². The van der Waals surface area contributed by atoms with Crippen molar-refractivity contribution < 1.29 is 4.74 Å². The molecule has 0 aliphatic heterocycles. The van der Waals surface area contributed by atoms with Gasteiger partial charge in [0.05, 0.1) is 21.1 Å². The normalized spacial score (nSPS) is 12.3. The van der Waals surface area contributed by atoms with Gasteiger partial charge in [-0.05, 0) is 35.1 Å². The van der Waals surface area contributed by atoms with Crippen LogP contribution < -0.4 is 0 Å². The van der Waals surface area contributed by atoms with Crippen LogP contribution in [0.1, 0.15) is 6.92 Å². The van der Waals surface area contributed by atoms with Gasteiger partial charge in [0.1, 0.15) is 0 Å². The van der Waals surface area contributed by atoms with Crippen LogP contribution in [-0.4, -0.2) is 44.1 Å². The Morgan fingerprint density at radius 2 is 1.67 bits per heavy atom. The molecule has 3 nitrogen and oxygen atoms in total. The lowest BCUT2D eigenvalue weighted by Gasteiger charge is -2.26. The van der Waals surface area contributed by atoms with Crippen LogP contribution in [0.25, 0.3) is 0 Å². The van der Waals surface area contributed by atoms with E-state index >= 15 is 0 Å². The molecule has 0 spiro atoms. The number of ether oxygens (including phenoxy) is 1. The van der Waals surface area contributed by atoms with E-state index in [1.807, 2.05) is 6.92 Å². The van der Waals surface area contributed by atoms with Crippen molar-refractivity contribution in [2.45, 2.75) is 6.92 Å². The van der Waals surface area contributed by atoms with Gasteiger partial charge in [-0.3, -0.25) is 9.34 Å². The quantitative estimate of drug-likeness (QED) is 0.486. The van der Waals surface area contributed by atoms with Crippen LogP contribution in [0.3, 0.4) is 0 Å². The van der Waals surface area contributed by atoms with Gasteiger partial charge in [-0.2, -0.15) is 0 Å². The van der Waals surface area contributed by atoms with Crippen LogP contribution >= 0.6 is 8.22 Å². The molecule has 0 radical (unpaired) electrons. The summed E-state index contributed by atoms with van der Waals surface area (Å²) in [5.41, 5.74) is 0. The fourth-order valence-corrected chi connectivity index (χ4v) is 2.26. The first-order valence-electron chi connectivity index (χ1n) is 4.01. The molecule has 12 heavy (non-hydrogen) atoms. The van der Waals surface area contributed by atoms with E-state index in [2.05, 4.69) is 43.3 Å². The van der Waals surface area contributed by atoms with Crippen LogP contribution in [0.15, 0.2) is 12.1 Å². The SMILES string of the molecule is CCO/C=C/P(N(C)C)N(C)C. The maximum absolute atomic E-state index is 5.15. The summed E-state index contributed by atoms with van der Waals surface area (Å²) in [4.78, 5) is 0. The molecule has 0 saturated carbocycles. The Morgan fingerprint density at radius 3 is 2.00 bits per heavy atom. The molecule has 0 fully saturated rings. The van der Waals surface area contributed by atoms with E-state index in [9.17, 15) is 0 Å². The highest BCUT2D eigenvalue weighted by Gasteiger charge is 2.08. The Kier molecular flexibility index (Phi) is 6.35. The van der Waals surface area contributed by atoms with Gasteiger partial charge >= 0.3 is 0 Å². The van der Waals surface area contributed by atoms with Crippen LogP contribution in [0.5, 0.6) is 0 Å². The molecule has 0 N–H and O–H groups in total. The van der Waals surface area contributed by atoms with Crippen molar-refractivity contribution in [3.8, 4) is 0 Å². The minimum atomic E-state index is -0.329. The highest BCUT2D eigenvalue weighted by Crippen LogP contribution is 2.40. The molecule has 0 atom stereocenters. The summed E-state index contributed by atoms with van der Waals surface area (Å²) in [5.74, 6) is 2.10. The van der Waals surface area contributed by atoms with Crippen LogP contribution in [0, 0.1) is 0 Å². The molecule has 0 saturated heterocycles. The summed E-state index contributed by atoms with van der Waals surface area (Å²) in [5, 5.41) is 0. The van der Waals surface area contributed by atoms with Crippen molar-refractivity contribution in [2.24, 2.45) is 0 Å². The first-order valence-corrected chi connectivity index (χ1v) is 5.33. The third kappa shape index (κ3) is 4.70. The van der Waals surface area contributed by atoms with Crippen molar-refractivity contribution in [1.82, 2.24) is 9.34 Å². The molecule has 0 heterocycles. The molecule has 0 rings (SSSR count). The molecule has 0 amide bonds. The Bertz CT molecular complexity index is 129. The second kappa shape index (κ2) is 6.41. The molecule has 0 unspecified atom stereocenters. The second-order valence-electron chi connectivity index (χ2n) is 2.76. The predicted octanol–water partition coefficient (Wildman–Crippen LogP) is 1.93. The number of hydrogen-bond donors (Lipinski definition) is 0. The summed E-state index contributed by atoms with van der Waals surface area (Å²) in [7, 11) is 7.96. The molecule has 0 bridgehead atoms. The van der Waals surface area contributed by atoms with E-state index in [0.29, 0.717) is 0 Å². The van der Waals surface area contributed by atoms with Crippen molar-refractivity contribution in [3.05, 3.63) is 12.1 Å². The van der Waals surface area contributed by atoms with Gasteiger partial charge in [-0.1, -0.05) is 0 Å². The lowest BCUT2D eigenvalue weighted by Crippen LogP contribution is -2.15. The first kappa shape index (κ1) is 11.9. The summed E-state index contributed by atoms with van der Waals surface area (Å²) in [6.07, 6.45) is 1.78. The lowest BCUT2D eigenvalue weighted by atomic mass is 10.9. The van der Waals surface area contributed by atoms with E-state index in [-0.39, 0.29) is 8.22 Å². The molecule has 0 aromatic heterocycles. The number of rotatable bonds is 5. The Labute approximate surface area is 76.8 Å². The summed E-state index contributed by atoms with van der Waals surface area (Å²) in [6.45, 7) is 2.72. The van der Waals surface area contributed by atoms with Crippen LogP contribution in [0.4, 0.5) is 0 Å². The van der Waals surface area contributed by atoms with Gasteiger partial charge < -0.3 is 4.74 Å². The zero-order valence-electron chi connectivity index (χ0n) is 8.61. The van der Waals surface area contributed by atoms with E-state index in [1.54, 1.807) is 6.26 Å². The van der Waals surface area contributed by atoms with Gasteiger partial charge in [-0.25, -0.2) is 0 Å². The zero-order valence-corrected chi connectivity index (χ0v) is 9.51. The zero-order chi connectivity index (χ0) is 9.56. The Morgan fingerprint density at radius 1 is 1.17 bits per heavy atom. The predicted molar refractivity (Wildman–Crippen MR) is 55.1 cm³/mol. The molecule has 0 aliphatic rings. The maximum atomic E-state index is 5.15. The van der Waals surface area contributed by atoms with Crippen LogP contribution in [-0.2, 0) is 4.74 Å².